The van der Waals surface area contributed by atoms with Gasteiger partial charge in [-0.05, 0) is 78.2 Å². The van der Waals surface area contributed by atoms with Gasteiger partial charge in [-0.25, -0.2) is 9.37 Å². The highest BCUT2D eigenvalue weighted by Gasteiger charge is 2.34. The van der Waals surface area contributed by atoms with Crippen molar-refractivity contribution in [1.29, 1.82) is 0 Å². The first-order chi connectivity index (χ1) is 33.3. The molecule has 6 heterocycles. The van der Waals surface area contributed by atoms with E-state index < -0.39 is 0 Å². The number of hydrogen-bond donors (Lipinski definition) is 1. The summed E-state index contributed by atoms with van der Waals surface area (Å²) in [6, 6.07) is 4.75. The molecule has 70 heavy (non-hydrogen) atoms. The number of thiophene rings is 4. The molecule has 1 N–H and O–H groups in total. The first kappa shape index (κ1) is 55.6. The number of allylic oxidation sites excluding steroid dienone is 1. The molecule has 0 fully saturated rings. The number of unbranched alkanes of at least 4 members (excludes halogenated alkanes) is 1. The van der Waals surface area contributed by atoms with E-state index in [9.17, 15) is 0 Å². The smallest absolute Gasteiger partial charge is 0.146 e. The molecule has 0 spiro atoms. The Morgan fingerprint density at radius 2 is 1.30 bits per heavy atom. The summed E-state index contributed by atoms with van der Waals surface area (Å²) < 4.78 is 34.5. The Balaban J connectivity index is 1.28. The number of thiazole rings is 1. The predicted octanol–water partition coefficient (Wildman–Crippen LogP) is 21.5. The van der Waals surface area contributed by atoms with Crippen LogP contribution in [-0.4, -0.2) is 18.2 Å². The Bertz CT molecular complexity index is 2580. The van der Waals surface area contributed by atoms with Crippen molar-refractivity contribution in [3.8, 4) is 31.1 Å². The fourth-order valence-corrected chi connectivity index (χ4v) is 17.0. The zero-order valence-corrected chi connectivity index (χ0v) is 50.1. The Kier molecular flexibility index (Phi) is 19.4. The highest BCUT2D eigenvalue weighted by Crippen LogP contribution is 2.56. The van der Waals surface area contributed by atoms with Gasteiger partial charge in [0, 0.05) is 53.0 Å². The summed E-state index contributed by atoms with van der Waals surface area (Å²) in [4.78, 5) is 13.2. The molecule has 5 aromatic heterocycles. The predicted molar refractivity (Wildman–Crippen MR) is 314 cm³/mol. The van der Waals surface area contributed by atoms with Crippen LogP contribution in [0, 0.1) is 40.8 Å². The molecule has 11 heteroatoms. The molecule has 0 amide bonds. The van der Waals surface area contributed by atoms with Gasteiger partial charge >= 0.3 is 0 Å². The molecule has 4 atom stereocenters. The van der Waals surface area contributed by atoms with Gasteiger partial charge in [-0.2, -0.15) is 0 Å². The maximum absolute atomic E-state index is 17.0. The minimum atomic E-state index is -0.0297. The summed E-state index contributed by atoms with van der Waals surface area (Å²) in [5, 5.41) is 7.71. The van der Waals surface area contributed by atoms with Gasteiger partial charge in [-0.1, -0.05) is 173 Å². The molecule has 0 radical (unpaired) electrons. The Morgan fingerprint density at radius 3 is 1.87 bits per heavy atom. The summed E-state index contributed by atoms with van der Waals surface area (Å²) in [6.45, 7) is 33.7. The SMILES string of the molecule is CCCCC(CC)CCc1sc2c(-c3ncc(-c4cc5c(OCCC(C)CCCC(C)C)c6sc(C(C)(C)C)cc6c(OCCC(C)CCCC(C)C)c5s4)s3)sc(C3NC=C(C(C)(C)C)S3)c2c1F. The monoisotopic (exact) mass is 1060 g/mol. The van der Waals surface area contributed by atoms with Crippen molar-refractivity contribution in [2.45, 2.75) is 198 Å². The normalized spacial score (nSPS) is 16.1. The van der Waals surface area contributed by atoms with E-state index in [1.807, 2.05) is 34.4 Å². The van der Waals surface area contributed by atoms with Gasteiger partial charge in [0.2, 0.25) is 0 Å². The quantitative estimate of drug-likeness (QED) is 0.0586. The highest BCUT2D eigenvalue weighted by atomic mass is 32.2. The largest absolute Gasteiger partial charge is 0.491 e. The summed E-state index contributed by atoms with van der Waals surface area (Å²) in [7, 11) is 0. The fourth-order valence-electron chi connectivity index (χ4n) is 9.52. The van der Waals surface area contributed by atoms with Crippen LogP contribution in [0.15, 0.2) is 29.4 Å². The van der Waals surface area contributed by atoms with Crippen molar-refractivity contribution in [2.75, 3.05) is 13.2 Å². The molecule has 4 unspecified atom stereocenters. The number of aryl methyl sites for hydroxylation is 1. The van der Waals surface area contributed by atoms with Crippen LogP contribution in [0.1, 0.15) is 200 Å². The van der Waals surface area contributed by atoms with E-state index in [1.165, 1.54) is 82.5 Å². The number of fused-ring (bicyclic) bond motifs is 3. The second-order valence-corrected chi connectivity index (χ2v) is 29.9. The summed E-state index contributed by atoms with van der Waals surface area (Å²) in [5.74, 6) is 5.30. The summed E-state index contributed by atoms with van der Waals surface area (Å²) >= 11 is 10.7. The highest BCUT2D eigenvalue weighted by molar-refractivity contribution is 8.03. The minimum absolute atomic E-state index is 0.00447. The van der Waals surface area contributed by atoms with E-state index in [1.54, 1.807) is 34.0 Å². The first-order valence-electron chi connectivity index (χ1n) is 26.9. The van der Waals surface area contributed by atoms with Gasteiger partial charge in [0.15, 0.2) is 0 Å². The van der Waals surface area contributed by atoms with Crippen molar-refractivity contribution in [1.82, 2.24) is 10.3 Å². The van der Waals surface area contributed by atoms with Crippen LogP contribution in [0.3, 0.4) is 0 Å². The van der Waals surface area contributed by atoms with Crippen molar-refractivity contribution >= 4 is 98.7 Å². The Labute approximate surface area is 446 Å². The molecule has 1 aliphatic heterocycles. The number of ether oxygens (including phenoxy) is 2. The first-order valence-corrected chi connectivity index (χ1v) is 31.9. The van der Waals surface area contributed by atoms with Crippen LogP contribution in [0.2, 0.25) is 0 Å². The van der Waals surface area contributed by atoms with Crippen LogP contribution in [0.5, 0.6) is 11.5 Å². The maximum Gasteiger partial charge on any atom is 0.146 e. The number of hydrogen-bond acceptors (Lipinski definition) is 10. The van der Waals surface area contributed by atoms with E-state index >= 15 is 4.39 Å². The lowest BCUT2D eigenvalue weighted by Gasteiger charge is -2.19. The average Bonchev–Trinajstić information content (AvgIpc) is 4.15. The zero-order valence-electron chi connectivity index (χ0n) is 45.2. The number of benzene rings is 1. The summed E-state index contributed by atoms with van der Waals surface area (Å²) in [5.41, 5.74) is 0.0125. The van der Waals surface area contributed by atoms with E-state index in [0.29, 0.717) is 31.0 Å². The molecule has 1 aromatic carbocycles. The molecule has 0 bridgehead atoms. The molecule has 386 valence electrons. The molecule has 7 rings (SSSR count). The number of nitrogens with zero attached hydrogens (tertiary/aromatic N) is 1. The van der Waals surface area contributed by atoms with E-state index in [2.05, 4.69) is 127 Å². The molecule has 0 aliphatic carbocycles. The van der Waals surface area contributed by atoms with Gasteiger partial charge in [-0.15, -0.1) is 56.7 Å². The van der Waals surface area contributed by atoms with Gasteiger partial charge < -0.3 is 14.8 Å². The zero-order chi connectivity index (χ0) is 50.5. The van der Waals surface area contributed by atoms with Crippen molar-refractivity contribution in [3.63, 3.8) is 0 Å². The van der Waals surface area contributed by atoms with Gasteiger partial charge in [0.25, 0.3) is 0 Å². The topological polar surface area (TPSA) is 43.4 Å². The van der Waals surface area contributed by atoms with Crippen LogP contribution in [0.25, 0.3) is 49.9 Å². The van der Waals surface area contributed by atoms with Crippen LogP contribution in [0.4, 0.5) is 4.39 Å². The summed E-state index contributed by atoms with van der Waals surface area (Å²) in [6.07, 6.45) is 20.5. The Hall–Kier alpha value is -2.15. The number of aromatic nitrogens is 1. The van der Waals surface area contributed by atoms with Crippen LogP contribution < -0.4 is 14.8 Å². The maximum atomic E-state index is 17.0. The molecule has 4 nitrogen and oxygen atoms in total. The van der Waals surface area contributed by atoms with Crippen LogP contribution >= 0.6 is 68.4 Å². The molecule has 1 aliphatic rings. The molecular weight excluding hydrogens is 980 g/mol. The van der Waals surface area contributed by atoms with Crippen LogP contribution in [-0.2, 0) is 11.8 Å². The fraction of sp³-hybridized carbons (Fsp3) is 0.644. The minimum Gasteiger partial charge on any atom is -0.491 e. The third kappa shape index (κ3) is 13.6. The molecule has 0 saturated heterocycles. The molecule has 6 aromatic rings. The van der Waals surface area contributed by atoms with Gasteiger partial charge in [0.05, 0.1) is 37.1 Å². The number of thioether (sulfide) groups is 1. The second kappa shape index (κ2) is 24.5. The Morgan fingerprint density at radius 1 is 0.671 bits per heavy atom. The third-order valence-corrected chi connectivity index (χ3v) is 22.6. The van der Waals surface area contributed by atoms with Gasteiger partial charge in [-0.3, -0.25) is 0 Å². The third-order valence-electron chi connectivity index (χ3n) is 14.2. The van der Waals surface area contributed by atoms with E-state index in [-0.39, 0.29) is 22.0 Å². The lowest BCUT2D eigenvalue weighted by molar-refractivity contribution is 0.277. The van der Waals surface area contributed by atoms with Crippen molar-refractivity contribution < 1.29 is 13.9 Å². The van der Waals surface area contributed by atoms with E-state index in [4.69, 9.17) is 14.5 Å². The number of nitrogens with one attached hydrogen (secondary N) is 1. The van der Waals surface area contributed by atoms with Crippen molar-refractivity contribution in [3.05, 3.63) is 49.9 Å². The lowest BCUT2D eigenvalue weighted by Crippen LogP contribution is -2.07. The lowest BCUT2D eigenvalue weighted by atomic mass is 9.94. The van der Waals surface area contributed by atoms with E-state index in [0.717, 1.165) is 100 Å². The molecule has 0 saturated carbocycles. The van der Waals surface area contributed by atoms with Gasteiger partial charge in [0.1, 0.15) is 27.7 Å². The van der Waals surface area contributed by atoms with Crippen molar-refractivity contribution in [2.24, 2.45) is 35.0 Å². The molecular formula is C59H85FN2O2S6. The average molecular weight is 1070 g/mol. The second-order valence-electron chi connectivity index (χ2n) is 23.5. The number of halogens is 1. The number of rotatable bonds is 26. The standard InChI is InChI=1S/C59H85FN2O2S6/c1-15-17-24-39(16-2)25-26-42-48(60)47-53(65-42)55(70-54(47)56-62-34-46(69-56)59(12,13)14)57-61-33-44(67-57)43-31-40-49(63-29-27-37(7)22-18-20-35(3)4)52-41(32-45(68-52)58(9,10)11)50(51(40)66-43)64-30-28-38(8)23-19-21-36(5)6/h31-39,56,62H,15-30H2,1-14H3.